The first-order chi connectivity index (χ1) is 5.11. The van der Waals surface area contributed by atoms with Gasteiger partial charge in [0.15, 0.2) is 0 Å². The molecule has 0 bridgehead atoms. The number of nitrogens with one attached hydrogen (secondary N) is 1. The number of carbonyl (C=O) groups is 1. The molecule has 1 fully saturated rings. The number of halogens is 1. The number of alkyl halides is 1. The van der Waals surface area contributed by atoms with E-state index < -0.39 is 0 Å². The summed E-state index contributed by atoms with van der Waals surface area (Å²) in [5, 5.41) is 2.98. The predicted octanol–water partition coefficient (Wildman–Crippen LogP) is 1.68. The third-order valence-electron chi connectivity index (χ3n) is 2.31. The Hall–Kier alpha value is -0.0500. The monoisotopic (exact) mass is 219 g/mol. The van der Waals surface area contributed by atoms with Crippen molar-refractivity contribution in [3.8, 4) is 0 Å². The quantitative estimate of drug-likeness (QED) is 0.705. The second kappa shape index (κ2) is 3.57. The van der Waals surface area contributed by atoms with Gasteiger partial charge in [0.1, 0.15) is 0 Å². The molecule has 0 heterocycles. The van der Waals surface area contributed by atoms with Crippen LogP contribution in [0.4, 0.5) is 0 Å². The van der Waals surface area contributed by atoms with E-state index >= 15 is 0 Å². The maximum atomic E-state index is 11.1. The van der Waals surface area contributed by atoms with Gasteiger partial charge in [-0.2, -0.15) is 0 Å². The molecule has 1 saturated carbocycles. The van der Waals surface area contributed by atoms with Crippen molar-refractivity contribution in [3.05, 3.63) is 0 Å². The molecule has 1 rings (SSSR count). The van der Waals surface area contributed by atoms with Crippen LogP contribution >= 0.6 is 15.9 Å². The van der Waals surface area contributed by atoms with Crippen LogP contribution in [0.1, 0.15) is 26.7 Å². The first-order valence-corrected chi connectivity index (χ1v) is 4.97. The van der Waals surface area contributed by atoms with Gasteiger partial charge in [-0.25, -0.2) is 0 Å². The lowest BCUT2D eigenvalue weighted by molar-refractivity contribution is -0.121. The van der Waals surface area contributed by atoms with Gasteiger partial charge in [-0.1, -0.05) is 22.9 Å². The Bertz CT molecular complexity index is 158. The van der Waals surface area contributed by atoms with Gasteiger partial charge in [0.25, 0.3) is 0 Å². The minimum atomic E-state index is -0.0599. The normalized spacial score (nSPS) is 32.3. The van der Waals surface area contributed by atoms with Crippen LogP contribution in [0.25, 0.3) is 0 Å². The SMILES string of the molecule is CC(Br)C(=O)NC1CCC1C. The molecule has 64 valence electrons. The lowest BCUT2D eigenvalue weighted by atomic mass is 9.81. The zero-order valence-electron chi connectivity index (χ0n) is 6.93. The molecule has 0 aromatic heterocycles. The van der Waals surface area contributed by atoms with Crippen molar-refractivity contribution in [2.45, 2.75) is 37.6 Å². The summed E-state index contributed by atoms with van der Waals surface area (Å²) in [7, 11) is 0. The Morgan fingerprint density at radius 1 is 1.64 bits per heavy atom. The van der Waals surface area contributed by atoms with Gasteiger partial charge in [0.05, 0.1) is 4.83 Å². The molecule has 3 atom stereocenters. The molecule has 3 unspecified atom stereocenters. The third kappa shape index (κ3) is 2.19. The fraction of sp³-hybridized carbons (Fsp3) is 0.875. The highest BCUT2D eigenvalue weighted by Crippen LogP contribution is 2.26. The van der Waals surface area contributed by atoms with Crippen LogP contribution in [0.3, 0.4) is 0 Å². The second-order valence-electron chi connectivity index (χ2n) is 3.29. The first kappa shape index (κ1) is 9.04. The van der Waals surface area contributed by atoms with Crippen LogP contribution in [0.2, 0.25) is 0 Å². The zero-order chi connectivity index (χ0) is 8.43. The lowest BCUT2D eigenvalue weighted by Crippen LogP contribution is -2.47. The van der Waals surface area contributed by atoms with Crippen molar-refractivity contribution < 1.29 is 4.79 Å². The molecule has 0 aromatic carbocycles. The number of amides is 1. The molecule has 3 heteroatoms. The van der Waals surface area contributed by atoms with Crippen molar-refractivity contribution in [2.24, 2.45) is 5.92 Å². The van der Waals surface area contributed by atoms with Crippen LogP contribution in [-0.2, 0) is 4.79 Å². The van der Waals surface area contributed by atoms with Crippen molar-refractivity contribution >= 4 is 21.8 Å². The number of hydrogen-bond acceptors (Lipinski definition) is 1. The van der Waals surface area contributed by atoms with Gasteiger partial charge < -0.3 is 5.32 Å². The van der Waals surface area contributed by atoms with Crippen LogP contribution in [-0.4, -0.2) is 16.8 Å². The highest BCUT2D eigenvalue weighted by Gasteiger charge is 2.28. The van der Waals surface area contributed by atoms with E-state index in [1.165, 1.54) is 6.42 Å². The molecule has 1 aliphatic rings. The third-order valence-corrected chi connectivity index (χ3v) is 2.72. The van der Waals surface area contributed by atoms with E-state index in [0.717, 1.165) is 6.42 Å². The molecule has 0 aliphatic heterocycles. The van der Waals surface area contributed by atoms with Crippen molar-refractivity contribution in [1.82, 2.24) is 5.32 Å². The summed E-state index contributed by atoms with van der Waals surface area (Å²) in [6.45, 7) is 4.02. The van der Waals surface area contributed by atoms with E-state index in [1.54, 1.807) is 0 Å². The summed E-state index contributed by atoms with van der Waals surface area (Å²) < 4.78 is 0. The molecule has 0 spiro atoms. The van der Waals surface area contributed by atoms with Crippen LogP contribution in [0.15, 0.2) is 0 Å². The van der Waals surface area contributed by atoms with Crippen LogP contribution in [0, 0.1) is 5.92 Å². The van der Waals surface area contributed by atoms with Crippen molar-refractivity contribution in [3.63, 3.8) is 0 Å². The Labute approximate surface area is 75.9 Å². The van der Waals surface area contributed by atoms with E-state index in [9.17, 15) is 4.79 Å². The van der Waals surface area contributed by atoms with E-state index in [4.69, 9.17) is 0 Å². The first-order valence-electron chi connectivity index (χ1n) is 4.05. The summed E-state index contributed by atoms with van der Waals surface area (Å²) in [5.74, 6) is 0.784. The van der Waals surface area contributed by atoms with E-state index in [2.05, 4.69) is 28.2 Å². The summed E-state index contributed by atoms with van der Waals surface area (Å²) in [4.78, 5) is 11.1. The molecule has 1 N–H and O–H groups in total. The average Bonchev–Trinajstić information content (AvgIpc) is 1.96. The van der Waals surface area contributed by atoms with Gasteiger partial charge in [0, 0.05) is 6.04 Å². The number of hydrogen-bond donors (Lipinski definition) is 1. The van der Waals surface area contributed by atoms with Gasteiger partial charge in [-0.05, 0) is 25.7 Å². The zero-order valence-corrected chi connectivity index (χ0v) is 8.52. The fourth-order valence-corrected chi connectivity index (χ4v) is 1.31. The topological polar surface area (TPSA) is 29.1 Å². The second-order valence-corrected chi connectivity index (χ2v) is 4.66. The Balaban J connectivity index is 2.25. The lowest BCUT2D eigenvalue weighted by Gasteiger charge is -2.34. The van der Waals surface area contributed by atoms with Crippen LogP contribution < -0.4 is 5.32 Å². The van der Waals surface area contributed by atoms with Crippen LogP contribution in [0.5, 0.6) is 0 Å². The Kier molecular flexibility index (Phi) is 2.93. The molecule has 11 heavy (non-hydrogen) atoms. The van der Waals surface area contributed by atoms with Gasteiger partial charge in [-0.3, -0.25) is 4.79 Å². The number of carbonyl (C=O) groups excluding carboxylic acids is 1. The summed E-state index contributed by atoms with van der Waals surface area (Å²) in [6, 6.07) is 0.433. The standard InChI is InChI=1S/C8H14BrNO/c1-5-3-4-7(5)10-8(11)6(2)9/h5-7H,3-4H2,1-2H3,(H,10,11). The Morgan fingerprint density at radius 2 is 2.27 bits per heavy atom. The minimum Gasteiger partial charge on any atom is -0.352 e. The molecule has 0 radical (unpaired) electrons. The summed E-state index contributed by atoms with van der Waals surface area (Å²) in [5.41, 5.74) is 0. The number of rotatable bonds is 2. The van der Waals surface area contributed by atoms with E-state index in [-0.39, 0.29) is 10.7 Å². The molecule has 1 aliphatic carbocycles. The maximum Gasteiger partial charge on any atom is 0.233 e. The maximum absolute atomic E-state index is 11.1. The molecule has 1 amide bonds. The predicted molar refractivity (Wildman–Crippen MR) is 48.7 cm³/mol. The highest BCUT2D eigenvalue weighted by molar-refractivity contribution is 9.10. The molecular weight excluding hydrogens is 206 g/mol. The summed E-state index contributed by atoms with van der Waals surface area (Å²) >= 11 is 3.23. The highest BCUT2D eigenvalue weighted by atomic mass is 79.9. The van der Waals surface area contributed by atoms with Gasteiger partial charge in [0.2, 0.25) is 5.91 Å². The molecule has 0 aromatic rings. The summed E-state index contributed by atoms with van der Waals surface area (Å²) in [6.07, 6.45) is 2.40. The largest absolute Gasteiger partial charge is 0.352 e. The average molecular weight is 220 g/mol. The Morgan fingerprint density at radius 3 is 2.55 bits per heavy atom. The van der Waals surface area contributed by atoms with Crippen molar-refractivity contribution in [1.29, 1.82) is 0 Å². The smallest absolute Gasteiger partial charge is 0.233 e. The van der Waals surface area contributed by atoms with Gasteiger partial charge >= 0.3 is 0 Å². The van der Waals surface area contributed by atoms with E-state index in [0.29, 0.717) is 12.0 Å². The van der Waals surface area contributed by atoms with Crippen molar-refractivity contribution in [2.75, 3.05) is 0 Å². The molecular formula is C8H14BrNO. The molecule has 2 nitrogen and oxygen atoms in total. The van der Waals surface area contributed by atoms with E-state index in [1.807, 2.05) is 6.92 Å². The molecule has 0 saturated heterocycles. The minimum absolute atomic E-state index is 0.0599. The van der Waals surface area contributed by atoms with Gasteiger partial charge in [-0.15, -0.1) is 0 Å². The fourth-order valence-electron chi connectivity index (χ4n) is 1.18.